The van der Waals surface area contributed by atoms with Crippen LogP contribution in [0.5, 0.6) is 5.75 Å². The van der Waals surface area contributed by atoms with Crippen LogP contribution in [0.25, 0.3) is 22.7 Å². The van der Waals surface area contributed by atoms with Gasteiger partial charge in [0.25, 0.3) is 0 Å². The van der Waals surface area contributed by atoms with E-state index in [1.807, 2.05) is 78.9 Å². The van der Waals surface area contributed by atoms with Crippen molar-refractivity contribution in [3.8, 4) is 28.5 Å². The third kappa shape index (κ3) is 5.91. The summed E-state index contributed by atoms with van der Waals surface area (Å²) in [5, 5.41) is 16.5. The summed E-state index contributed by atoms with van der Waals surface area (Å²) in [6.07, 6.45) is 3.63. The standard InChI is InChI=1S/C28H26N6O3/c1-36-24-15-21(12-13-23(24)25-16-29-18-37-25)30-27-32-26(20-10-6-3-7-11-20)33-28(34-27)31-22(17-35)14-19-8-4-2-5-9-19/h2-13,15-16,18,22,35H,14,17H2,1H3,(H2,30,31,32,33,34)/t22-/m0/s1. The van der Waals surface area contributed by atoms with Crippen LogP contribution in [0, 0.1) is 0 Å². The van der Waals surface area contributed by atoms with Gasteiger partial charge in [0.15, 0.2) is 18.0 Å². The third-order valence-corrected chi connectivity index (χ3v) is 5.70. The lowest BCUT2D eigenvalue weighted by Crippen LogP contribution is -2.27. The zero-order chi connectivity index (χ0) is 25.5. The van der Waals surface area contributed by atoms with Crippen LogP contribution in [-0.2, 0) is 6.42 Å². The van der Waals surface area contributed by atoms with Crippen LogP contribution < -0.4 is 15.4 Å². The third-order valence-electron chi connectivity index (χ3n) is 5.70. The number of hydrogen-bond acceptors (Lipinski definition) is 9. The minimum absolute atomic E-state index is 0.0791. The van der Waals surface area contributed by atoms with Crippen molar-refractivity contribution in [3.05, 3.63) is 97.0 Å². The van der Waals surface area contributed by atoms with Gasteiger partial charge in [0, 0.05) is 17.3 Å². The summed E-state index contributed by atoms with van der Waals surface area (Å²) >= 11 is 0. The van der Waals surface area contributed by atoms with E-state index < -0.39 is 0 Å². The Hall–Kier alpha value is -4.76. The van der Waals surface area contributed by atoms with Gasteiger partial charge in [0.2, 0.25) is 11.9 Å². The van der Waals surface area contributed by atoms with Crippen molar-refractivity contribution in [2.45, 2.75) is 12.5 Å². The molecule has 0 fully saturated rings. The Kier molecular flexibility index (Phi) is 7.33. The molecule has 2 aromatic heterocycles. The van der Waals surface area contributed by atoms with Crippen molar-refractivity contribution in [3.63, 3.8) is 0 Å². The molecular formula is C28H26N6O3. The number of aromatic nitrogens is 4. The van der Waals surface area contributed by atoms with Gasteiger partial charge in [-0.3, -0.25) is 0 Å². The predicted octanol–water partition coefficient (Wildman–Crippen LogP) is 4.96. The van der Waals surface area contributed by atoms with Crippen LogP contribution in [-0.4, -0.2) is 44.8 Å². The number of aliphatic hydroxyl groups excluding tert-OH is 1. The van der Waals surface area contributed by atoms with E-state index in [0.29, 0.717) is 35.7 Å². The van der Waals surface area contributed by atoms with Gasteiger partial charge in [-0.05, 0) is 24.1 Å². The molecule has 0 saturated carbocycles. The lowest BCUT2D eigenvalue weighted by atomic mass is 10.1. The molecule has 5 aromatic rings. The Morgan fingerprint density at radius 1 is 0.919 bits per heavy atom. The first-order valence-electron chi connectivity index (χ1n) is 11.8. The number of oxazole rings is 1. The van der Waals surface area contributed by atoms with Crippen molar-refractivity contribution in [2.24, 2.45) is 0 Å². The largest absolute Gasteiger partial charge is 0.496 e. The monoisotopic (exact) mass is 494 g/mol. The fourth-order valence-electron chi connectivity index (χ4n) is 3.91. The Morgan fingerprint density at radius 2 is 1.68 bits per heavy atom. The number of nitrogens with one attached hydrogen (secondary N) is 2. The zero-order valence-electron chi connectivity index (χ0n) is 20.2. The molecule has 9 nitrogen and oxygen atoms in total. The van der Waals surface area contributed by atoms with E-state index in [-0.39, 0.29) is 12.6 Å². The molecule has 0 bridgehead atoms. The van der Waals surface area contributed by atoms with Crippen LogP contribution >= 0.6 is 0 Å². The van der Waals surface area contributed by atoms with Crippen molar-refractivity contribution in [1.82, 2.24) is 19.9 Å². The van der Waals surface area contributed by atoms with E-state index in [2.05, 4.69) is 30.6 Å². The number of hydrogen-bond donors (Lipinski definition) is 3. The smallest absolute Gasteiger partial charge is 0.232 e. The molecule has 0 radical (unpaired) electrons. The van der Waals surface area contributed by atoms with Gasteiger partial charge < -0.3 is 24.9 Å². The second kappa shape index (κ2) is 11.3. The zero-order valence-corrected chi connectivity index (χ0v) is 20.2. The summed E-state index contributed by atoms with van der Waals surface area (Å²) in [5.41, 5.74) is 3.45. The number of ether oxygens (including phenoxy) is 1. The molecule has 0 unspecified atom stereocenters. The summed E-state index contributed by atoms with van der Waals surface area (Å²) in [6, 6.07) is 25.0. The maximum Gasteiger partial charge on any atom is 0.232 e. The minimum atomic E-state index is -0.275. The highest BCUT2D eigenvalue weighted by Gasteiger charge is 2.15. The maximum absolute atomic E-state index is 10.0. The van der Waals surface area contributed by atoms with E-state index in [4.69, 9.17) is 9.15 Å². The number of nitrogens with zero attached hydrogens (tertiary/aromatic N) is 4. The van der Waals surface area contributed by atoms with E-state index in [0.717, 1.165) is 22.4 Å². The molecule has 0 saturated heterocycles. The molecule has 0 aliphatic rings. The molecule has 37 heavy (non-hydrogen) atoms. The fraction of sp³-hybridized carbons (Fsp3) is 0.143. The SMILES string of the molecule is COc1cc(Nc2nc(N[C@H](CO)Cc3ccccc3)nc(-c3ccccc3)n2)ccc1-c1cnco1. The molecule has 3 aromatic carbocycles. The van der Waals surface area contributed by atoms with Gasteiger partial charge in [-0.25, -0.2) is 4.98 Å². The molecule has 0 aliphatic carbocycles. The Labute approximate surface area is 214 Å². The molecule has 2 heterocycles. The van der Waals surface area contributed by atoms with E-state index >= 15 is 0 Å². The van der Waals surface area contributed by atoms with Crippen molar-refractivity contribution in [1.29, 1.82) is 0 Å². The molecule has 186 valence electrons. The number of rotatable bonds is 10. The first kappa shape index (κ1) is 24.0. The average molecular weight is 495 g/mol. The summed E-state index contributed by atoms with van der Waals surface area (Å²) in [7, 11) is 1.60. The Morgan fingerprint density at radius 3 is 2.38 bits per heavy atom. The Bertz CT molecular complexity index is 1430. The summed E-state index contributed by atoms with van der Waals surface area (Å²) in [6.45, 7) is -0.0791. The number of aliphatic hydroxyl groups is 1. The van der Waals surface area contributed by atoms with Gasteiger partial charge in [-0.1, -0.05) is 60.7 Å². The number of methoxy groups -OCH3 is 1. The molecule has 9 heteroatoms. The molecule has 3 N–H and O–H groups in total. The summed E-state index contributed by atoms with van der Waals surface area (Å²) < 4.78 is 11.0. The second-order valence-corrected chi connectivity index (χ2v) is 8.29. The maximum atomic E-state index is 10.0. The van der Waals surface area contributed by atoms with Gasteiger partial charge in [-0.2, -0.15) is 15.0 Å². The molecule has 5 rings (SSSR count). The molecular weight excluding hydrogens is 468 g/mol. The Balaban J connectivity index is 1.45. The van der Waals surface area contributed by atoms with Gasteiger partial charge in [0.1, 0.15) is 5.75 Å². The highest BCUT2D eigenvalue weighted by molar-refractivity contribution is 5.71. The van der Waals surface area contributed by atoms with Crippen molar-refractivity contribution in [2.75, 3.05) is 24.4 Å². The lowest BCUT2D eigenvalue weighted by molar-refractivity contribution is 0.273. The molecule has 0 aliphatic heterocycles. The van der Waals surface area contributed by atoms with Crippen LogP contribution in [0.2, 0.25) is 0 Å². The fourth-order valence-corrected chi connectivity index (χ4v) is 3.91. The highest BCUT2D eigenvalue weighted by atomic mass is 16.5. The van der Waals surface area contributed by atoms with E-state index in [1.165, 1.54) is 6.39 Å². The number of anilines is 3. The average Bonchev–Trinajstić information content (AvgIpc) is 3.48. The van der Waals surface area contributed by atoms with Crippen LogP contribution in [0.1, 0.15) is 5.56 Å². The van der Waals surface area contributed by atoms with E-state index in [9.17, 15) is 5.11 Å². The number of benzene rings is 3. The van der Waals surface area contributed by atoms with Gasteiger partial charge >= 0.3 is 0 Å². The van der Waals surface area contributed by atoms with Crippen LogP contribution in [0.3, 0.4) is 0 Å². The first-order chi connectivity index (χ1) is 18.2. The molecule has 0 spiro atoms. The minimum Gasteiger partial charge on any atom is -0.496 e. The quantitative estimate of drug-likeness (QED) is 0.247. The van der Waals surface area contributed by atoms with Gasteiger partial charge in [-0.15, -0.1) is 0 Å². The predicted molar refractivity (Wildman–Crippen MR) is 142 cm³/mol. The van der Waals surface area contributed by atoms with Crippen LogP contribution in [0.15, 0.2) is 95.9 Å². The van der Waals surface area contributed by atoms with E-state index in [1.54, 1.807) is 13.3 Å². The van der Waals surface area contributed by atoms with Crippen LogP contribution in [0.4, 0.5) is 17.6 Å². The van der Waals surface area contributed by atoms with Crippen molar-refractivity contribution >= 4 is 17.6 Å². The highest BCUT2D eigenvalue weighted by Crippen LogP contribution is 2.33. The summed E-state index contributed by atoms with van der Waals surface area (Å²) in [4.78, 5) is 17.8. The second-order valence-electron chi connectivity index (χ2n) is 8.29. The van der Waals surface area contributed by atoms with Gasteiger partial charge in [0.05, 0.1) is 31.5 Å². The molecule has 1 atom stereocenters. The van der Waals surface area contributed by atoms with Crippen molar-refractivity contribution < 1.29 is 14.3 Å². The summed E-state index contributed by atoms with van der Waals surface area (Å²) in [5.74, 6) is 2.43. The molecule has 0 amide bonds. The lowest BCUT2D eigenvalue weighted by Gasteiger charge is -2.18. The topological polar surface area (TPSA) is 118 Å². The normalized spacial score (nSPS) is 11.6. The first-order valence-corrected chi connectivity index (χ1v) is 11.8.